The number of esters is 1. The summed E-state index contributed by atoms with van der Waals surface area (Å²) in [5, 5.41) is 14.8. The molecule has 0 aliphatic heterocycles. The number of nitrogens with zero attached hydrogens (tertiary/aromatic N) is 1. The van der Waals surface area contributed by atoms with Crippen molar-refractivity contribution >= 4 is 17.7 Å². The van der Waals surface area contributed by atoms with Gasteiger partial charge >= 0.3 is 12.1 Å². The zero-order valence-corrected chi connectivity index (χ0v) is 21.8. The minimum Gasteiger partial charge on any atom is -0.493 e. The van der Waals surface area contributed by atoms with E-state index in [1.54, 1.807) is 0 Å². The van der Waals surface area contributed by atoms with Gasteiger partial charge < -0.3 is 24.3 Å². The smallest absolute Gasteiger partial charge is 0.407 e. The van der Waals surface area contributed by atoms with Gasteiger partial charge in [0, 0.05) is 5.57 Å². The van der Waals surface area contributed by atoms with Gasteiger partial charge in [0.2, 0.25) is 0 Å². The minimum atomic E-state index is -1.12. The molecule has 10 heteroatoms. The number of alkyl carbamates (subject to hydrolysis) is 1. The molecule has 0 aromatic heterocycles. The summed E-state index contributed by atoms with van der Waals surface area (Å²) in [6.07, 6.45) is -1.95. The maximum absolute atomic E-state index is 13.0. The molecule has 1 aliphatic rings. The van der Waals surface area contributed by atoms with Crippen molar-refractivity contribution in [3.63, 3.8) is 0 Å². The van der Waals surface area contributed by atoms with Gasteiger partial charge in [-0.25, -0.2) is 9.59 Å². The Bertz CT molecular complexity index is 1390. The van der Waals surface area contributed by atoms with Crippen LogP contribution in [-0.2, 0) is 14.3 Å². The second-order valence-corrected chi connectivity index (χ2v) is 8.84. The Morgan fingerprint density at radius 1 is 1.00 bits per heavy atom. The third-order valence-corrected chi connectivity index (χ3v) is 6.41. The molecule has 1 aliphatic carbocycles. The van der Waals surface area contributed by atoms with Gasteiger partial charge in [-0.15, -0.1) is 0 Å². The average molecular weight is 533 g/mol. The number of rotatable bonds is 10. The maximum Gasteiger partial charge on any atom is 0.407 e. The highest BCUT2D eigenvalue weighted by Crippen LogP contribution is 2.53. The van der Waals surface area contributed by atoms with Crippen LogP contribution in [0.15, 0.2) is 72.8 Å². The van der Waals surface area contributed by atoms with Crippen molar-refractivity contribution in [2.45, 2.75) is 18.9 Å². The van der Waals surface area contributed by atoms with Crippen LogP contribution in [0.4, 0.5) is 10.5 Å². The SMILES string of the molecule is C=C(C)C(=O)OCCNC(=O)OC(c1cc(OC)c(OC)cc1[N+](=O)[O-])C1c2ccccc2-c2ccccc21. The van der Waals surface area contributed by atoms with Crippen LogP contribution in [0.1, 0.15) is 35.6 Å². The van der Waals surface area contributed by atoms with Crippen molar-refractivity contribution in [2.24, 2.45) is 0 Å². The van der Waals surface area contributed by atoms with Gasteiger partial charge in [-0.1, -0.05) is 55.1 Å². The average Bonchev–Trinajstić information content (AvgIpc) is 3.27. The number of ether oxygens (including phenoxy) is 4. The van der Waals surface area contributed by atoms with E-state index in [2.05, 4.69) is 11.9 Å². The van der Waals surface area contributed by atoms with Crippen molar-refractivity contribution in [3.05, 3.63) is 99.6 Å². The lowest BCUT2D eigenvalue weighted by Crippen LogP contribution is -2.31. The number of amides is 1. The number of hydrogen-bond acceptors (Lipinski definition) is 8. The number of nitrogens with one attached hydrogen (secondary N) is 1. The van der Waals surface area contributed by atoms with Crippen LogP contribution in [-0.4, -0.2) is 44.4 Å². The summed E-state index contributed by atoms with van der Waals surface area (Å²) in [5.41, 5.74) is 3.69. The van der Waals surface area contributed by atoms with Crippen LogP contribution in [0.2, 0.25) is 0 Å². The second kappa shape index (κ2) is 11.7. The summed E-state index contributed by atoms with van der Waals surface area (Å²) in [7, 11) is 2.80. The molecule has 1 N–H and O–H groups in total. The molecule has 1 amide bonds. The lowest BCUT2D eigenvalue weighted by Gasteiger charge is -2.26. The molecular weight excluding hydrogens is 504 g/mol. The first kappa shape index (κ1) is 27.2. The Balaban J connectivity index is 1.77. The van der Waals surface area contributed by atoms with E-state index in [1.165, 1.54) is 33.3 Å². The summed E-state index contributed by atoms with van der Waals surface area (Å²) in [6, 6.07) is 18.0. The van der Waals surface area contributed by atoms with Crippen LogP contribution >= 0.6 is 0 Å². The van der Waals surface area contributed by atoms with Gasteiger partial charge in [0.05, 0.1) is 43.2 Å². The predicted octanol–water partition coefficient (Wildman–Crippen LogP) is 5.31. The molecule has 10 nitrogen and oxygen atoms in total. The number of carbonyl (C=O) groups excluding carboxylic acids is 2. The number of nitro groups is 1. The van der Waals surface area contributed by atoms with E-state index in [4.69, 9.17) is 18.9 Å². The monoisotopic (exact) mass is 532 g/mol. The van der Waals surface area contributed by atoms with Crippen molar-refractivity contribution in [1.29, 1.82) is 0 Å². The standard InChI is InChI=1S/C29H28N2O8/c1-17(2)28(32)38-14-13-30-29(33)39-27(22-15-24(36-3)25(37-4)16-23(22)31(34)35)26-20-11-7-5-9-18(20)19-10-6-8-12-21(19)26/h5-12,15-16,26-27H,1,13-14H2,2-4H3,(H,30,33). The number of benzene rings is 3. The highest BCUT2D eigenvalue weighted by Gasteiger charge is 2.41. The fraction of sp³-hybridized carbons (Fsp3) is 0.241. The van der Waals surface area contributed by atoms with Crippen molar-refractivity contribution in [3.8, 4) is 22.6 Å². The summed E-state index contributed by atoms with van der Waals surface area (Å²) in [5.74, 6) is -0.717. The van der Waals surface area contributed by atoms with Gasteiger partial charge in [0.1, 0.15) is 12.7 Å². The normalized spacial score (nSPS) is 12.5. The molecule has 1 atom stereocenters. The number of nitro benzene ring substituents is 1. The molecule has 202 valence electrons. The highest BCUT2D eigenvalue weighted by molar-refractivity contribution is 5.87. The topological polar surface area (TPSA) is 126 Å². The number of methoxy groups -OCH3 is 2. The molecular formula is C29H28N2O8. The number of fused-ring (bicyclic) bond motifs is 3. The molecule has 0 radical (unpaired) electrons. The van der Waals surface area contributed by atoms with Crippen molar-refractivity contribution < 1.29 is 33.5 Å². The van der Waals surface area contributed by atoms with Crippen molar-refractivity contribution in [1.82, 2.24) is 5.32 Å². The maximum atomic E-state index is 13.0. The van der Waals surface area contributed by atoms with Crippen molar-refractivity contribution in [2.75, 3.05) is 27.4 Å². The summed E-state index contributed by atoms with van der Waals surface area (Å²) < 4.78 is 21.7. The molecule has 0 fully saturated rings. The first-order valence-corrected chi connectivity index (χ1v) is 12.1. The van der Waals surface area contributed by atoms with Gasteiger partial charge in [-0.05, 0) is 35.2 Å². The quantitative estimate of drug-likeness (QED) is 0.122. The van der Waals surface area contributed by atoms with Gasteiger partial charge in [0.15, 0.2) is 11.5 Å². The van der Waals surface area contributed by atoms with Gasteiger partial charge in [-0.2, -0.15) is 0 Å². The third-order valence-electron chi connectivity index (χ3n) is 6.41. The molecule has 1 unspecified atom stereocenters. The molecule has 3 aromatic carbocycles. The molecule has 0 saturated heterocycles. The van der Waals surface area contributed by atoms with E-state index in [0.29, 0.717) is 0 Å². The third kappa shape index (κ3) is 5.54. The minimum absolute atomic E-state index is 0.0313. The van der Waals surface area contributed by atoms with Crippen LogP contribution < -0.4 is 14.8 Å². The first-order chi connectivity index (χ1) is 18.8. The molecule has 39 heavy (non-hydrogen) atoms. The van der Waals surface area contributed by atoms with Gasteiger partial charge in [0.25, 0.3) is 5.69 Å². The molecule has 0 bridgehead atoms. The fourth-order valence-electron chi connectivity index (χ4n) is 4.68. The van der Waals surface area contributed by atoms with E-state index in [1.807, 2.05) is 48.5 Å². The lowest BCUT2D eigenvalue weighted by molar-refractivity contribution is -0.386. The summed E-state index contributed by atoms with van der Waals surface area (Å²) >= 11 is 0. The molecule has 0 heterocycles. The van der Waals surface area contributed by atoms with E-state index < -0.39 is 29.0 Å². The Labute approximate surface area is 225 Å². The van der Waals surface area contributed by atoms with Crippen LogP contribution in [0.5, 0.6) is 11.5 Å². The first-order valence-electron chi connectivity index (χ1n) is 12.1. The molecule has 4 rings (SSSR count). The van der Waals surface area contributed by atoms with E-state index in [0.717, 1.165) is 22.3 Å². The fourth-order valence-corrected chi connectivity index (χ4v) is 4.68. The predicted molar refractivity (Wildman–Crippen MR) is 143 cm³/mol. The van der Waals surface area contributed by atoms with Crippen LogP contribution in [0, 0.1) is 10.1 Å². The Hall–Kier alpha value is -4.86. The largest absolute Gasteiger partial charge is 0.493 e. The Kier molecular flexibility index (Phi) is 8.14. The highest BCUT2D eigenvalue weighted by atomic mass is 16.6. The molecule has 0 spiro atoms. The van der Waals surface area contributed by atoms with Crippen LogP contribution in [0.25, 0.3) is 11.1 Å². The number of hydrogen-bond donors (Lipinski definition) is 1. The Morgan fingerprint density at radius 3 is 2.10 bits per heavy atom. The number of carbonyl (C=O) groups is 2. The zero-order valence-electron chi connectivity index (χ0n) is 21.8. The molecule has 3 aromatic rings. The lowest BCUT2D eigenvalue weighted by atomic mass is 9.86. The zero-order chi connectivity index (χ0) is 28.1. The van der Waals surface area contributed by atoms with E-state index in [9.17, 15) is 19.7 Å². The molecule has 0 saturated carbocycles. The Morgan fingerprint density at radius 2 is 1.56 bits per heavy atom. The summed E-state index contributed by atoms with van der Waals surface area (Å²) in [4.78, 5) is 36.3. The second-order valence-electron chi connectivity index (χ2n) is 8.84. The van der Waals surface area contributed by atoms with Crippen LogP contribution in [0.3, 0.4) is 0 Å². The summed E-state index contributed by atoms with van der Waals surface area (Å²) in [6.45, 7) is 4.90. The van der Waals surface area contributed by atoms with Gasteiger partial charge in [-0.3, -0.25) is 10.1 Å². The van der Waals surface area contributed by atoms with E-state index >= 15 is 0 Å². The van der Waals surface area contributed by atoms with E-state index in [-0.39, 0.29) is 41.5 Å².